The van der Waals surface area contributed by atoms with E-state index in [-0.39, 0.29) is 0 Å². The molecule has 1 atom stereocenters. The molecule has 3 heterocycles. The van der Waals surface area contributed by atoms with Gasteiger partial charge < -0.3 is 24.5 Å². The zero-order valence-corrected chi connectivity index (χ0v) is 25.6. The number of carboxylic acids is 1. The van der Waals surface area contributed by atoms with Gasteiger partial charge in [-0.25, -0.2) is 9.78 Å². The van der Waals surface area contributed by atoms with E-state index in [1.807, 2.05) is 61.7 Å². The highest BCUT2D eigenvalue weighted by Crippen LogP contribution is 2.43. The molecule has 1 aliphatic heterocycles. The Morgan fingerprint density at radius 3 is 2.57 bits per heavy atom. The van der Waals surface area contributed by atoms with Crippen LogP contribution in [-0.2, 0) is 9.53 Å². The van der Waals surface area contributed by atoms with Gasteiger partial charge in [-0.1, -0.05) is 29.3 Å². The highest BCUT2D eigenvalue weighted by molar-refractivity contribution is 6.30. The number of benzene rings is 2. The third-order valence-corrected chi connectivity index (χ3v) is 9.04. The van der Waals surface area contributed by atoms with E-state index in [0.29, 0.717) is 34.9 Å². The monoisotopic (exact) mass is 614 g/mol. The van der Waals surface area contributed by atoms with Gasteiger partial charge in [0.05, 0.1) is 18.7 Å². The number of halogens is 1. The minimum absolute atomic E-state index is 0.337. The smallest absolute Gasteiger partial charge is 0.341 e. The molecule has 2 N–H and O–H groups in total. The van der Waals surface area contributed by atoms with Crippen molar-refractivity contribution < 1.29 is 24.2 Å². The van der Waals surface area contributed by atoms with Crippen LogP contribution in [0.15, 0.2) is 72.6 Å². The molecule has 2 aromatic carbocycles. The van der Waals surface area contributed by atoms with Gasteiger partial charge in [0.1, 0.15) is 22.7 Å². The van der Waals surface area contributed by atoms with Crippen molar-refractivity contribution in [1.29, 1.82) is 0 Å². The topological polar surface area (TPSA) is 108 Å². The number of piperazine rings is 1. The minimum atomic E-state index is -0.772. The van der Waals surface area contributed by atoms with Crippen LogP contribution in [0.2, 0.25) is 5.02 Å². The molecular formula is C34H35ClN4O5. The van der Waals surface area contributed by atoms with E-state index in [0.717, 1.165) is 61.4 Å². The number of hydrogen-bond acceptors (Lipinski definition) is 7. The molecule has 44 heavy (non-hydrogen) atoms. The number of methoxy groups -OCH3 is 1. The number of anilines is 1. The van der Waals surface area contributed by atoms with E-state index in [1.54, 1.807) is 12.3 Å². The van der Waals surface area contributed by atoms with Crippen LogP contribution >= 0.6 is 11.6 Å². The molecule has 0 amide bonds. The van der Waals surface area contributed by atoms with Gasteiger partial charge in [-0.2, -0.15) is 0 Å². The Labute approximate surface area is 261 Å². The van der Waals surface area contributed by atoms with Crippen molar-refractivity contribution in [3.8, 4) is 11.5 Å². The van der Waals surface area contributed by atoms with Crippen LogP contribution in [0.25, 0.3) is 16.6 Å². The van der Waals surface area contributed by atoms with Gasteiger partial charge >= 0.3 is 11.9 Å². The highest BCUT2D eigenvalue weighted by Gasteiger charge is 2.38. The molecule has 9 nitrogen and oxygen atoms in total. The Balaban J connectivity index is 1.19. The second kappa shape index (κ2) is 12.3. The van der Waals surface area contributed by atoms with Crippen molar-refractivity contribution in [3.05, 3.63) is 88.7 Å². The molecule has 2 aromatic heterocycles. The van der Waals surface area contributed by atoms with Gasteiger partial charge in [0.25, 0.3) is 0 Å². The van der Waals surface area contributed by atoms with E-state index in [4.69, 9.17) is 21.1 Å². The predicted molar refractivity (Wildman–Crippen MR) is 171 cm³/mol. The minimum Gasteiger partial charge on any atom is -0.481 e. The van der Waals surface area contributed by atoms with Crippen LogP contribution in [0.3, 0.4) is 0 Å². The maximum Gasteiger partial charge on any atom is 0.341 e. The van der Waals surface area contributed by atoms with Crippen LogP contribution in [0, 0.1) is 5.41 Å². The Morgan fingerprint density at radius 2 is 1.84 bits per heavy atom. The van der Waals surface area contributed by atoms with E-state index in [9.17, 15) is 14.7 Å². The highest BCUT2D eigenvalue weighted by atomic mass is 35.5. The van der Waals surface area contributed by atoms with Crippen molar-refractivity contribution in [2.24, 2.45) is 5.41 Å². The summed E-state index contributed by atoms with van der Waals surface area (Å²) in [6.07, 6.45) is 5.30. The molecule has 0 saturated carbocycles. The molecule has 1 unspecified atom stereocenters. The van der Waals surface area contributed by atoms with Crippen molar-refractivity contribution >= 4 is 45.8 Å². The summed E-state index contributed by atoms with van der Waals surface area (Å²) < 4.78 is 11.2. The maximum absolute atomic E-state index is 12.6. The fourth-order valence-electron chi connectivity index (χ4n) is 6.18. The molecular weight excluding hydrogens is 580 g/mol. The quantitative estimate of drug-likeness (QED) is 0.213. The number of pyridine rings is 1. The van der Waals surface area contributed by atoms with Crippen LogP contribution in [0.1, 0.15) is 42.1 Å². The van der Waals surface area contributed by atoms with Crippen molar-refractivity contribution in [3.63, 3.8) is 0 Å². The van der Waals surface area contributed by atoms with E-state index in [1.165, 1.54) is 18.3 Å². The number of carbonyl (C=O) groups is 2. The second-order valence-corrected chi connectivity index (χ2v) is 12.2. The number of carbonyl (C=O) groups excluding carboxylic acids is 1. The van der Waals surface area contributed by atoms with Crippen LogP contribution < -0.4 is 9.64 Å². The Hall–Kier alpha value is -4.34. The Morgan fingerprint density at radius 1 is 1.07 bits per heavy atom. The number of rotatable bonds is 8. The van der Waals surface area contributed by atoms with Crippen molar-refractivity contribution in [1.82, 2.24) is 14.9 Å². The molecule has 1 aliphatic carbocycles. The first-order chi connectivity index (χ1) is 21.2. The molecule has 0 spiro atoms. The van der Waals surface area contributed by atoms with Gasteiger partial charge in [-0.3, -0.25) is 9.69 Å². The lowest BCUT2D eigenvalue weighted by molar-refractivity contribution is -0.148. The van der Waals surface area contributed by atoms with Crippen LogP contribution in [-0.4, -0.2) is 71.7 Å². The van der Waals surface area contributed by atoms with Gasteiger partial charge in [0.2, 0.25) is 0 Å². The number of aromatic nitrogens is 2. The number of aliphatic carboxylic acids is 1. The summed E-state index contributed by atoms with van der Waals surface area (Å²) >= 11 is 6.15. The van der Waals surface area contributed by atoms with Crippen molar-refractivity contribution in [2.45, 2.75) is 26.2 Å². The van der Waals surface area contributed by atoms with Crippen LogP contribution in [0.4, 0.5) is 5.69 Å². The first-order valence-electron chi connectivity index (χ1n) is 14.7. The third kappa shape index (κ3) is 6.16. The summed E-state index contributed by atoms with van der Waals surface area (Å²) in [4.78, 5) is 36.9. The number of fused-ring (bicyclic) bond motifs is 1. The zero-order chi connectivity index (χ0) is 30.8. The van der Waals surface area contributed by atoms with E-state index in [2.05, 4.69) is 19.8 Å². The van der Waals surface area contributed by atoms with Gasteiger partial charge in [-0.05, 0) is 73.7 Å². The zero-order valence-electron chi connectivity index (χ0n) is 24.8. The normalized spacial score (nSPS) is 19.3. The molecule has 4 aromatic rings. The fraction of sp³-hybridized carbons (Fsp3) is 0.324. The summed E-state index contributed by atoms with van der Waals surface area (Å²) in [6, 6.07) is 17.2. The molecule has 1 fully saturated rings. The molecule has 228 valence electrons. The Kier molecular flexibility index (Phi) is 8.33. The molecule has 2 aliphatic rings. The van der Waals surface area contributed by atoms with E-state index < -0.39 is 17.4 Å². The lowest BCUT2D eigenvalue weighted by atomic mass is 9.71. The number of allylic oxidation sites excluding steroid dienone is 1. The van der Waals surface area contributed by atoms with Gasteiger partial charge in [0, 0.05) is 61.1 Å². The standard InChI is InChI=1S/C34H35ClN4O5/c1-34(33(41)42)11-9-28(22-3-5-25(35)6-4-22)24(19-34)21-38-13-15-39(16-14-38)26-7-8-29(32(40)43-2)30(18-26)44-27-17-23-10-12-36-31(23)37-20-27/h3-8,10,12,17-18,20H,9,11,13-16,19,21H2,1-2H3,(H,36,37)(H,41,42). The average molecular weight is 615 g/mol. The predicted octanol–water partition coefficient (Wildman–Crippen LogP) is 6.65. The first-order valence-corrected chi connectivity index (χ1v) is 15.1. The molecule has 0 bridgehead atoms. The Bertz CT molecular complexity index is 1730. The largest absolute Gasteiger partial charge is 0.481 e. The average Bonchev–Trinajstić information content (AvgIpc) is 3.50. The third-order valence-electron chi connectivity index (χ3n) is 8.79. The van der Waals surface area contributed by atoms with Crippen LogP contribution in [0.5, 0.6) is 11.5 Å². The fourth-order valence-corrected chi connectivity index (χ4v) is 6.31. The molecule has 0 radical (unpaired) electrons. The molecule has 1 saturated heterocycles. The first kappa shape index (κ1) is 29.7. The number of ether oxygens (including phenoxy) is 2. The molecule has 10 heteroatoms. The number of aromatic amines is 1. The lowest BCUT2D eigenvalue weighted by Crippen LogP contribution is -2.47. The summed E-state index contributed by atoms with van der Waals surface area (Å²) in [5, 5.41) is 11.6. The van der Waals surface area contributed by atoms with Gasteiger partial charge in [0.15, 0.2) is 0 Å². The van der Waals surface area contributed by atoms with E-state index >= 15 is 0 Å². The molecule has 6 rings (SSSR count). The summed E-state index contributed by atoms with van der Waals surface area (Å²) in [7, 11) is 1.35. The SMILES string of the molecule is COC(=O)c1ccc(N2CCN(CC3=C(c4ccc(Cl)cc4)CCC(C)(C(=O)O)C3)CC2)cc1Oc1cnc2[nH]ccc2c1. The summed E-state index contributed by atoms with van der Waals surface area (Å²) in [6.45, 7) is 5.74. The number of esters is 1. The van der Waals surface area contributed by atoms with Crippen molar-refractivity contribution in [2.75, 3.05) is 44.7 Å². The lowest BCUT2D eigenvalue weighted by Gasteiger charge is -2.39. The van der Waals surface area contributed by atoms with Gasteiger partial charge in [-0.15, -0.1) is 0 Å². The summed E-state index contributed by atoms with van der Waals surface area (Å²) in [5.41, 5.74) is 4.79. The maximum atomic E-state index is 12.6. The number of hydrogen-bond donors (Lipinski definition) is 2. The number of H-pyrrole nitrogens is 1. The number of nitrogens with zero attached hydrogens (tertiary/aromatic N) is 3. The second-order valence-electron chi connectivity index (χ2n) is 11.8. The number of carboxylic acid groups (broad SMARTS) is 1. The number of nitrogens with one attached hydrogen (secondary N) is 1. The summed E-state index contributed by atoms with van der Waals surface area (Å²) in [5.74, 6) is -0.291.